The van der Waals surface area contributed by atoms with Crippen LogP contribution in [-0.4, -0.2) is 115 Å². The number of carbonyl (C=O) groups is 4. The van der Waals surface area contributed by atoms with Crippen molar-refractivity contribution in [2.75, 3.05) is 45.8 Å². The molecule has 8 atom stereocenters. The summed E-state index contributed by atoms with van der Waals surface area (Å²) in [5, 5.41) is 36.4. The predicted molar refractivity (Wildman–Crippen MR) is 247 cm³/mol. The minimum Gasteiger partial charge on any atom is -0.476 e. The SMILES string of the molecule is C[C@@H]1C[C@@H](C)N(c2cccnc2C(=O)O)C1.C[C@@H]1C[C@H](C)N(c2cccnc2C(=O)O)C1.C[C@H]1C[C@H](C)N(c2cccnc2C(=O)O)C1.C[C@H]1C[C@H](C)N(c2cccnc2C(=O)O)C1. The van der Waals surface area contributed by atoms with Crippen LogP contribution in [0.15, 0.2) is 73.3 Å². The molecule has 4 saturated heterocycles. The van der Waals surface area contributed by atoms with Gasteiger partial charge in [-0.05, 0) is 126 Å². The summed E-state index contributed by atoms with van der Waals surface area (Å²) in [6.45, 7) is 20.9. The van der Waals surface area contributed by atoms with Crippen LogP contribution < -0.4 is 19.6 Å². The topological polar surface area (TPSA) is 214 Å². The van der Waals surface area contributed by atoms with Crippen molar-refractivity contribution < 1.29 is 39.6 Å². The molecule has 0 bridgehead atoms. The maximum Gasteiger partial charge on any atom is 0.356 e. The van der Waals surface area contributed by atoms with E-state index in [-0.39, 0.29) is 22.8 Å². The molecule has 4 fully saturated rings. The van der Waals surface area contributed by atoms with Gasteiger partial charge < -0.3 is 40.0 Å². The number of nitrogens with zero attached hydrogens (tertiary/aromatic N) is 8. The number of carboxylic acid groups (broad SMARTS) is 4. The van der Waals surface area contributed by atoms with Crippen LogP contribution in [0.5, 0.6) is 0 Å². The number of hydrogen-bond acceptors (Lipinski definition) is 12. The van der Waals surface area contributed by atoms with E-state index < -0.39 is 23.9 Å². The second kappa shape index (κ2) is 21.8. The summed E-state index contributed by atoms with van der Waals surface area (Å²) >= 11 is 0. The van der Waals surface area contributed by atoms with Crippen molar-refractivity contribution >= 4 is 46.6 Å². The Labute approximate surface area is 376 Å². The number of hydrogen-bond donors (Lipinski definition) is 4. The van der Waals surface area contributed by atoms with Crippen molar-refractivity contribution in [1.82, 2.24) is 19.9 Å². The van der Waals surface area contributed by atoms with Crippen molar-refractivity contribution in [3.63, 3.8) is 0 Å². The number of anilines is 4. The summed E-state index contributed by atoms with van der Waals surface area (Å²) in [6.07, 6.45) is 10.5. The van der Waals surface area contributed by atoms with E-state index in [9.17, 15) is 19.2 Å². The summed E-state index contributed by atoms with van der Waals surface area (Å²) in [5.41, 5.74) is 3.59. The average molecular weight is 881 g/mol. The van der Waals surface area contributed by atoms with Crippen LogP contribution in [0.25, 0.3) is 0 Å². The van der Waals surface area contributed by atoms with Crippen molar-refractivity contribution in [1.29, 1.82) is 0 Å². The molecule has 0 aromatic carbocycles. The van der Waals surface area contributed by atoms with Gasteiger partial charge in [-0.3, -0.25) is 0 Å². The highest BCUT2D eigenvalue weighted by atomic mass is 16.4. The molecule has 344 valence electrons. The number of aromatic carboxylic acids is 4. The van der Waals surface area contributed by atoms with Gasteiger partial charge in [0.05, 0.1) is 22.7 Å². The zero-order valence-electron chi connectivity index (χ0n) is 38.2. The Morgan fingerprint density at radius 3 is 0.719 bits per heavy atom. The van der Waals surface area contributed by atoms with Crippen molar-refractivity contribution in [3.05, 3.63) is 96.1 Å². The van der Waals surface area contributed by atoms with E-state index in [0.29, 0.717) is 47.8 Å². The molecule has 0 amide bonds. The molecule has 8 rings (SSSR count). The van der Waals surface area contributed by atoms with Gasteiger partial charge >= 0.3 is 23.9 Å². The molecule has 0 aliphatic carbocycles. The normalized spacial score (nSPS) is 24.8. The molecule has 4 aliphatic heterocycles. The molecule has 4 aromatic rings. The minimum atomic E-state index is -0.956. The highest BCUT2D eigenvalue weighted by Crippen LogP contribution is 2.33. The third-order valence-electron chi connectivity index (χ3n) is 12.3. The summed E-state index contributed by atoms with van der Waals surface area (Å²) in [5.74, 6) is -1.39. The number of aromatic nitrogens is 4. The average Bonchev–Trinajstić information content (AvgIpc) is 4.00. The van der Waals surface area contributed by atoms with Gasteiger partial charge in [0.25, 0.3) is 0 Å². The van der Waals surface area contributed by atoms with Gasteiger partial charge in [-0.2, -0.15) is 0 Å². The van der Waals surface area contributed by atoms with E-state index in [2.05, 4.69) is 94.9 Å². The fraction of sp³-hybridized carbons (Fsp3) is 0.500. The van der Waals surface area contributed by atoms with E-state index in [1.54, 1.807) is 24.3 Å². The van der Waals surface area contributed by atoms with Crippen LogP contribution in [-0.2, 0) is 0 Å². The fourth-order valence-corrected chi connectivity index (χ4v) is 9.72. The smallest absolute Gasteiger partial charge is 0.356 e. The largest absolute Gasteiger partial charge is 0.476 e. The first-order valence-electron chi connectivity index (χ1n) is 22.2. The number of pyridine rings is 4. The molecule has 0 spiro atoms. The zero-order chi connectivity index (χ0) is 46.8. The highest BCUT2D eigenvalue weighted by molar-refractivity contribution is 5.94. The van der Waals surface area contributed by atoms with Crippen molar-refractivity contribution in [2.45, 2.75) is 105 Å². The van der Waals surface area contributed by atoms with E-state index in [0.717, 1.165) is 74.6 Å². The third-order valence-corrected chi connectivity index (χ3v) is 12.3. The van der Waals surface area contributed by atoms with Crippen LogP contribution in [0.4, 0.5) is 22.7 Å². The van der Waals surface area contributed by atoms with Crippen molar-refractivity contribution in [2.24, 2.45) is 23.7 Å². The molecule has 0 radical (unpaired) electrons. The second-order valence-electron chi connectivity index (χ2n) is 18.1. The van der Waals surface area contributed by atoms with Gasteiger partial charge in [-0.1, -0.05) is 27.7 Å². The zero-order valence-corrected chi connectivity index (χ0v) is 38.2. The molecule has 8 heterocycles. The predicted octanol–water partition coefficient (Wildman–Crippen LogP) is 8.06. The molecule has 0 unspecified atom stereocenters. The number of carboxylic acids is 4. The molecular formula is C48H64N8O8. The van der Waals surface area contributed by atoms with Gasteiger partial charge in [0.2, 0.25) is 0 Å². The Morgan fingerprint density at radius 2 is 0.578 bits per heavy atom. The quantitative estimate of drug-likeness (QED) is 0.132. The van der Waals surface area contributed by atoms with Crippen LogP contribution in [0, 0.1) is 23.7 Å². The third kappa shape index (κ3) is 12.0. The van der Waals surface area contributed by atoms with Crippen LogP contribution in [0.1, 0.15) is 123 Å². The van der Waals surface area contributed by atoms with Crippen molar-refractivity contribution in [3.8, 4) is 0 Å². The standard InChI is InChI=1S/4C12H16N2O2/c4*1-8-6-9(2)14(7-8)10-4-3-5-13-11(10)12(15)16/h4*3-5,8-9H,6-7H2,1-2H3,(H,15,16)/t8-,9+;3*8-,9-/m1100/s1. The lowest BCUT2D eigenvalue weighted by Gasteiger charge is -2.24. The first-order valence-corrected chi connectivity index (χ1v) is 22.2. The first kappa shape index (κ1) is 48.7. The lowest BCUT2D eigenvalue weighted by molar-refractivity contribution is 0.0680. The van der Waals surface area contributed by atoms with Crippen LogP contribution >= 0.6 is 0 Å². The Bertz CT molecular complexity index is 1930. The highest BCUT2D eigenvalue weighted by Gasteiger charge is 2.32. The van der Waals surface area contributed by atoms with E-state index >= 15 is 0 Å². The summed E-state index contributed by atoms with van der Waals surface area (Å²) in [6, 6.07) is 16.1. The molecule has 0 saturated carbocycles. The summed E-state index contributed by atoms with van der Waals surface area (Å²) in [7, 11) is 0. The first-order chi connectivity index (χ1) is 30.4. The molecule has 16 nitrogen and oxygen atoms in total. The van der Waals surface area contributed by atoms with E-state index in [1.165, 1.54) is 24.8 Å². The molecule has 4 aromatic heterocycles. The number of rotatable bonds is 8. The fourth-order valence-electron chi connectivity index (χ4n) is 9.72. The van der Waals surface area contributed by atoms with E-state index in [4.69, 9.17) is 20.4 Å². The maximum atomic E-state index is 11.1. The lowest BCUT2D eigenvalue weighted by Crippen LogP contribution is -2.28. The summed E-state index contributed by atoms with van der Waals surface area (Å²) < 4.78 is 0. The molecular weight excluding hydrogens is 817 g/mol. The minimum absolute atomic E-state index is 0.156. The van der Waals surface area contributed by atoms with Gasteiger partial charge in [0.1, 0.15) is 0 Å². The van der Waals surface area contributed by atoms with Crippen LogP contribution in [0.3, 0.4) is 0 Å². The van der Waals surface area contributed by atoms with Gasteiger partial charge in [-0.15, -0.1) is 0 Å². The molecule has 4 N–H and O–H groups in total. The van der Waals surface area contributed by atoms with Gasteiger partial charge in [0, 0.05) is 75.1 Å². The molecule has 16 heteroatoms. The van der Waals surface area contributed by atoms with Gasteiger partial charge in [0.15, 0.2) is 22.8 Å². The molecule has 4 aliphatic rings. The monoisotopic (exact) mass is 880 g/mol. The lowest BCUT2D eigenvalue weighted by atomic mass is 10.1. The Kier molecular flexibility index (Phi) is 16.6. The Balaban J connectivity index is 0.000000161. The Morgan fingerprint density at radius 1 is 0.391 bits per heavy atom. The molecule has 64 heavy (non-hydrogen) atoms. The van der Waals surface area contributed by atoms with Crippen LogP contribution in [0.2, 0.25) is 0 Å². The Hall–Kier alpha value is -6.32. The van der Waals surface area contributed by atoms with E-state index in [1.807, 2.05) is 24.3 Å². The van der Waals surface area contributed by atoms with Gasteiger partial charge in [-0.25, -0.2) is 39.1 Å². The second-order valence-corrected chi connectivity index (χ2v) is 18.1. The summed E-state index contributed by atoms with van der Waals surface area (Å²) in [4.78, 5) is 68.6. The maximum absolute atomic E-state index is 11.1.